The fraction of sp³-hybridized carbons (Fsp3) is 0. The van der Waals surface area contributed by atoms with Gasteiger partial charge in [0, 0.05) is 23.8 Å². The van der Waals surface area contributed by atoms with E-state index < -0.39 is 0 Å². The molecular formula is C10H10N4. The minimum atomic E-state index is 0.558. The minimum absolute atomic E-state index is 0.558. The molecule has 0 saturated carbocycles. The number of aromatic nitrogens is 2. The molecule has 4 nitrogen and oxygen atoms in total. The molecule has 14 heavy (non-hydrogen) atoms. The van der Waals surface area contributed by atoms with E-state index in [-0.39, 0.29) is 0 Å². The van der Waals surface area contributed by atoms with E-state index in [4.69, 9.17) is 11.5 Å². The summed E-state index contributed by atoms with van der Waals surface area (Å²) in [7, 11) is 0. The Balaban J connectivity index is 2.63. The number of hydrogen-bond donors (Lipinski definition) is 2. The first-order valence-corrected chi connectivity index (χ1v) is 4.20. The molecule has 1 aromatic carbocycles. The molecule has 1 heterocycles. The van der Waals surface area contributed by atoms with Gasteiger partial charge in [0.05, 0.1) is 5.56 Å². The van der Waals surface area contributed by atoms with Gasteiger partial charge in [-0.1, -0.05) is 6.07 Å². The van der Waals surface area contributed by atoms with E-state index in [1.165, 1.54) is 0 Å². The summed E-state index contributed by atoms with van der Waals surface area (Å²) < 4.78 is 0. The van der Waals surface area contributed by atoms with Crippen LogP contribution in [-0.2, 0) is 0 Å². The molecule has 0 spiro atoms. The molecule has 0 aliphatic rings. The molecule has 70 valence electrons. The van der Waals surface area contributed by atoms with Crippen LogP contribution in [0, 0.1) is 0 Å². The van der Waals surface area contributed by atoms with E-state index in [0.29, 0.717) is 22.8 Å². The Bertz CT molecular complexity index is 419. The molecule has 0 saturated heterocycles. The van der Waals surface area contributed by atoms with E-state index in [2.05, 4.69) is 9.97 Å². The van der Waals surface area contributed by atoms with Crippen LogP contribution in [0.1, 0.15) is 0 Å². The highest BCUT2D eigenvalue weighted by molar-refractivity contribution is 5.82. The summed E-state index contributed by atoms with van der Waals surface area (Å²) >= 11 is 0. The van der Waals surface area contributed by atoms with Gasteiger partial charge in [-0.2, -0.15) is 0 Å². The van der Waals surface area contributed by atoms with Crippen LogP contribution in [0.4, 0.5) is 11.4 Å². The van der Waals surface area contributed by atoms with Gasteiger partial charge in [-0.15, -0.1) is 0 Å². The quantitative estimate of drug-likeness (QED) is 0.658. The molecule has 0 bridgehead atoms. The zero-order chi connectivity index (χ0) is 9.97. The largest absolute Gasteiger partial charge is 0.398 e. The summed E-state index contributed by atoms with van der Waals surface area (Å²) in [4.78, 5) is 8.20. The van der Waals surface area contributed by atoms with Gasteiger partial charge in [-0.25, -0.2) is 9.97 Å². The topological polar surface area (TPSA) is 77.8 Å². The normalized spacial score (nSPS) is 10.0. The van der Waals surface area contributed by atoms with Gasteiger partial charge in [0.2, 0.25) is 0 Å². The molecule has 0 atom stereocenters. The fourth-order valence-electron chi connectivity index (χ4n) is 1.28. The summed E-state index contributed by atoms with van der Waals surface area (Å²) in [5.41, 5.74) is 13.5. The third kappa shape index (κ3) is 1.37. The van der Waals surface area contributed by atoms with Crippen molar-refractivity contribution in [1.29, 1.82) is 0 Å². The van der Waals surface area contributed by atoms with Crippen molar-refractivity contribution in [2.75, 3.05) is 11.5 Å². The smallest absolute Gasteiger partial charge is 0.163 e. The number of anilines is 2. The monoisotopic (exact) mass is 186 g/mol. The van der Waals surface area contributed by atoms with Gasteiger partial charge >= 0.3 is 0 Å². The highest BCUT2D eigenvalue weighted by Crippen LogP contribution is 2.27. The predicted molar refractivity (Wildman–Crippen MR) is 56.3 cm³/mol. The molecule has 0 aliphatic heterocycles. The predicted octanol–water partition coefficient (Wildman–Crippen LogP) is 1.31. The molecule has 0 radical (unpaired) electrons. The molecule has 0 amide bonds. The van der Waals surface area contributed by atoms with E-state index in [1.807, 2.05) is 0 Å². The van der Waals surface area contributed by atoms with Crippen molar-refractivity contribution in [3.63, 3.8) is 0 Å². The van der Waals surface area contributed by atoms with Crippen molar-refractivity contribution in [2.24, 2.45) is 0 Å². The molecular weight excluding hydrogens is 176 g/mol. The zero-order valence-corrected chi connectivity index (χ0v) is 7.51. The van der Waals surface area contributed by atoms with Crippen LogP contribution in [0.2, 0.25) is 0 Å². The molecule has 0 fully saturated rings. The maximum absolute atomic E-state index is 5.79. The first kappa shape index (κ1) is 8.50. The van der Waals surface area contributed by atoms with E-state index in [9.17, 15) is 0 Å². The molecule has 0 unspecified atom stereocenters. The second-order valence-electron chi connectivity index (χ2n) is 2.88. The van der Waals surface area contributed by atoms with E-state index in [1.54, 1.807) is 36.7 Å². The Morgan fingerprint density at radius 3 is 2.00 bits per heavy atom. The lowest BCUT2D eigenvalue weighted by Gasteiger charge is -2.06. The van der Waals surface area contributed by atoms with Gasteiger partial charge in [0.15, 0.2) is 5.82 Å². The maximum Gasteiger partial charge on any atom is 0.163 e. The number of hydrogen-bond acceptors (Lipinski definition) is 4. The molecule has 0 aliphatic carbocycles. The van der Waals surface area contributed by atoms with Gasteiger partial charge in [-0.05, 0) is 18.2 Å². The molecule has 2 aromatic rings. The van der Waals surface area contributed by atoms with Gasteiger partial charge in [0.1, 0.15) is 0 Å². The third-order valence-electron chi connectivity index (χ3n) is 1.92. The van der Waals surface area contributed by atoms with Crippen molar-refractivity contribution >= 4 is 11.4 Å². The van der Waals surface area contributed by atoms with Crippen LogP contribution in [0.5, 0.6) is 0 Å². The van der Waals surface area contributed by atoms with Crippen molar-refractivity contribution in [3.8, 4) is 11.4 Å². The average Bonchev–Trinajstić information content (AvgIpc) is 2.19. The number of benzene rings is 1. The number of nitrogen functional groups attached to an aromatic ring is 2. The fourth-order valence-corrected chi connectivity index (χ4v) is 1.28. The Hall–Kier alpha value is -2.10. The van der Waals surface area contributed by atoms with Crippen LogP contribution < -0.4 is 11.5 Å². The lowest BCUT2D eigenvalue weighted by molar-refractivity contribution is 1.18. The summed E-state index contributed by atoms with van der Waals surface area (Å²) in [5, 5.41) is 0. The summed E-state index contributed by atoms with van der Waals surface area (Å²) in [5.74, 6) is 0.558. The highest BCUT2D eigenvalue weighted by atomic mass is 14.9. The zero-order valence-electron chi connectivity index (χ0n) is 7.51. The van der Waals surface area contributed by atoms with E-state index >= 15 is 0 Å². The van der Waals surface area contributed by atoms with Crippen molar-refractivity contribution < 1.29 is 0 Å². The highest BCUT2D eigenvalue weighted by Gasteiger charge is 2.07. The van der Waals surface area contributed by atoms with E-state index in [0.717, 1.165) is 0 Å². The van der Waals surface area contributed by atoms with Crippen molar-refractivity contribution in [2.45, 2.75) is 0 Å². The SMILES string of the molecule is Nc1cccc(N)c1-c1ncccn1. The summed E-state index contributed by atoms with van der Waals surface area (Å²) in [6.07, 6.45) is 3.32. The summed E-state index contributed by atoms with van der Waals surface area (Å²) in [6, 6.07) is 7.11. The van der Waals surface area contributed by atoms with Gasteiger partial charge in [-0.3, -0.25) is 0 Å². The average molecular weight is 186 g/mol. The lowest BCUT2D eigenvalue weighted by atomic mass is 10.1. The van der Waals surface area contributed by atoms with Crippen LogP contribution in [0.3, 0.4) is 0 Å². The van der Waals surface area contributed by atoms with Gasteiger partial charge in [0.25, 0.3) is 0 Å². The Labute approximate surface area is 81.6 Å². The van der Waals surface area contributed by atoms with Crippen molar-refractivity contribution in [3.05, 3.63) is 36.7 Å². The second-order valence-corrected chi connectivity index (χ2v) is 2.88. The number of nitrogens with zero attached hydrogens (tertiary/aromatic N) is 2. The van der Waals surface area contributed by atoms with Crippen LogP contribution in [0.25, 0.3) is 11.4 Å². The van der Waals surface area contributed by atoms with Crippen LogP contribution in [0.15, 0.2) is 36.7 Å². The number of nitrogens with two attached hydrogens (primary N) is 2. The third-order valence-corrected chi connectivity index (χ3v) is 1.92. The maximum atomic E-state index is 5.79. The lowest BCUT2D eigenvalue weighted by Crippen LogP contribution is -1.98. The first-order valence-electron chi connectivity index (χ1n) is 4.20. The first-order chi connectivity index (χ1) is 6.79. The number of rotatable bonds is 1. The molecule has 4 heteroatoms. The summed E-state index contributed by atoms with van der Waals surface area (Å²) in [6.45, 7) is 0. The standard InChI is InChI=1S/C10H10N4/c11-7-3-1-4-8(12)9(7)10-13-5-2-6-14-10/h1-6H,11-12H2. The van der Waals surface area contributed by atoms with Gasteiger partial charge < -0.3 is 11.5 Å². The van der Waals surface area contributed by atoms with Crippen LogP contribution >= 0.6 is 0 Å². The van der Waals surface area contributed by atoms with Crippen molar-refractivity contribution in [1.82, 2.24) is 9.97 Å². The molecule has 1 aromatic heterocycles. The minimum Gasteiger partial charge on any atom is -0.398 e. The molecule has 2 rings (SSSR count). The second kappa shape index (κ2) is 3.33. The Kier molecular flexibility index (Phi) is 2.02. The Morgan fingerprint density at radius 1 is 0.857 bits per heavy atom. The Morgan fingerprint density at radius 2 is 1.43 bits per heavy atom. The van der Waals surface area contributed by atoms with Crippen LogP contribution in [-0.4, -0.2) is 9.97 Å². The molecule has 4 N–H and O–H groups in total.